The van der Waals surface area contributed by atoms with Gasteiger partial charge in [-0.2, -0.15) is 0 Å². The Morgan fingerprint density at radius 3 is 2.14 bits per heavy atom. The Hall–Kier alpha value is -0.970. The van der Waals surface area contributed by atoms with Gasteiger partial charge in [0.15, 0.2) is 5.16 Å². The van der Waals surface area contributed by atoms with Crippen LogP contribution in [0.4, 0.5) is 0 Å². The van der Waals surface area contributed by atoms with Gasteiger partial charge < -0.3 is 4.74 Å². The lowest BCUT2D eigenvalue weighted by molar-refractivity contribution is 0.242. The average molecular weight is 343 g/mol. The average Bonchev–Trinajstić information content (AvgIpc) is 2.43. The minimum absolute atomic E-state index is 0.159. The van der Waals surface area contributed by atoms with Crippen LogP contribution < -0.4 is 4.74 Å². The van der Waals surface area contributed by atoms with Crippen LogP contribution in [0, 0.1) is 0 Å². The van der Waals surface area contributed by atoms with E-state index in [0.717, 1.165) is 16.9 Å². The van der Waals surface area contributed by atoms with Crippen LogP contribution in [-0.2, 0) is 6.42 Å². The number of hydrogen-bond acceptors (Lipinski definition) is 4. The van der Waals surface area contributed by atoms with Crippen molar-refractivity contribution in [3.05, 3.63) is 45.7 Å². The number of halogens is 2. The Balaban J connectivity index is 2.18. The fourth-order valence-corrected chi connectivity index (χ4v) is 2.80. The van der Waals surface area contributed by atoms with E-state index in [4.69, 9.17) is 27.9 Å². The first-order valence-corrected chi connectivity index (χ1v) is 8.49. The Bertz CT molecular complexity index is 595. The highest BCUT2D eigenvalue weighted by Crippen LogP contribution is 2.27. The lowest BCUT2D eigenvalue weighted by atomic mass is 10.1. The Kier molecular flexibility index (Phi) is 5.73. The first-order valence-electron chi connectivity index (χ1n) is 6.51. The van der Waals surface area contributed by atoms with Crippen LogP contribution in [0.1, 0.15) is 25.0 Å². The number of rotatable bonds is 5. The van der Waals surface area contributed by atoms with Crippen molar-refractivity contribution in [3.63, 3.8) is 0 Å². The molecule has 0 aliphatic rings. The van der Waals surface area contributed by atoms with Crippen LogP contribution >= 0.6 is 35.0 Å². The second kappa shape index (κ2) is 7.34. The zero-order chi connectivity index (χ0) is 15.4. The molecule has 0 spiro atoms. The number of ether oxygens (including phenoxy) is 1. The molecule has 0 saturated carbocycles. The molecule has 1 aromatic heterocycles. The second-order valence-electron chi connectivity index (χ2n) is 4.76. The van der Waals surface area contributed by atoms with Crippen molar-refractivity contribution < 1.29 is 4.74 Å². The van der Waals surface area contributed by atoms with Crippen molar-refractivity contribution in [3.8, 4) is 5.75 Å². The molecule has 0 unspecified atom stereocenters. The van der Waals surface area contributed by atoms with E-state index in [9.17, 15) is 0 Å². The lowest BCUT2D eigenvalue weighted by Gasteiger charge is -2.11. The maximum atomic E-state index is 6.19. The van der Waals surface area contributed by atoms with Crippen molar-refractivity contribution in [2.45, 2.75) is 31.5 Å². The van der Waals surface area contributed by atoms with E-state index in [2.05, 4.69) is 9.97 Å². The molecule has 6 heteroatoms. The first-order chi connectivity index (χ1) is 9.99. The zero-order valence-electron chi connectivity index (χ0n) is 12.1. The van der Waals surface area contributed by atoms with Gasteiger partial charge in [-0.3, -0.25) is 0 Å². The summed E-state index contributed by atoms with van der Waals surface area (Å²) in [5.74, 6) is 0.847. The summed E-state index contributed by atoms with van der Waals surface area (Å²) in [6.07, 6.45) is 2.64. The molecule has 112 valence electrons. The van der Waals surface area contributed by atoms with Gasteiger partial charge in [-0.15, -0.1) is 0 Å². The summed E-state index contributed by atoms with van der Waals surface area (Å²) in [5, 5.41) is 1.39. The largest absolute Gasteiger partial charge is 0.491 e. The molecule has 0 bridgehead atoms. The van der Waals surface area contributed by atoms with Crippen LogP contribution in [0.2, 0.25) is 10.3 Å². The summed E-state index contributed by atoms with van der Waals surface area (Å²) in [6, 6.07) is 7.86. The molecule has 0 radical (unpaired) electrons. The van der Waals surface area contributed by atoms with Gasteiger partial charge in [0.25, 0.3) is 0 Å². The molecule has 0 amide bonds. The number of hydrogen-bond donors (Lipinski definition) is 0. The minimum atomic E-state index is 0.159. The first kappa shape index (κ1) is 16.4. The van der Waals surface area contributed by atoms with Crippen LogP contribution in [0.5, 0.6) is 5.75 Å². The highest BCUT2D eigenvalue weighted by molar-refractivity contribution is 7.98. The van der Waals surface area contributed by atoms with Gasteiger partial charge in [0.05, 0.1) is 6.10 Å². The summed E-state index contributed by atoms with van der Waals surface area (Å²) in [6.45, 7) is 4.00. The molecule has 0 aliphatic heterocycles. The highest BCUT2D eigenvalue weighted by Gasteiger charge is 2.12. The zero-order valence-corrected chi connectivity index (χ0v) is 14.4. The molecule has 1 aromatic carbocycles. The van der Waals surface area contributed by atoms with Crippen LogP contribution in [0.3, 0.4) is 0 Å². The highest BCUT2D eigenvalue weighted by atomic mass is 35.5. The molecular weight excluding hydrogens is 327 g/mol. The van der Waals surface area contributed by atoms with E-state index in [1.165, 1.54) is 11.8 Å². The quantitative estimate of drug-likeness (QED) is 0.440. The van der Waals surface area contributed by atoms with Crippen molar-refractivity contribution in [2.75, 3.05) is 6.26 Å². The van der Waals surface area contributed by atoms with Crippen LogP contribution in [-0.4, -0.2) is 22.3 Å². The van der Waals surface area contributed by atoms with Gasteiger partial charge in [-0.25, -0.2) is 9.97 Å². The van der Waals surface area contributed by atoms with Crippen molar-refractivity contribution >= 4 is 35.0 Å². The third-order valence-electron chi connectivity index (χ3n) is 2.74. The Morgan fingerprint density at radius 1 is 1.10 bits per heavy atom. The molecule has 21 heavy (non-hydrogen) atoms. The van der Waals surface area contributed by atoms with Crippen molar-refractivity contribution in [1.29, 1.82) is 0 Å². The summed E-state index contributed by atoms with van der Waals surface area (Å²) in [4.78, 5) is 8.43. The van der Waals surface area contributed by atoms with Crippen molar-refractivity contribution in [1.82, 2.24) is 9.97 Å². The molecule has 2 rings (SSSR count). The number of nitrogens with zero attached hydrogens (tertiary/aromatic N) is 2. The summed E-state index contributed by atoms with van der Waals surface area (Å²) in [7, 11) is 0. The third kappa shape index (κ3) is 4.50. The van der Waals surface area contributed by atoms with Gasteiger partial charge in [0.1, 0.15) is 16.1 Å². The Labute approximate surface area is 139 Å². The van der Waals surface area contributed by atoms with E-state index in [-0.39, 0.29) is 6.10 Å². The van der Waals surface area contributed by atoms with E-state index in [1.54, 1.807) is 0 Å². The maximum absolute atomic E-state index is 6.19. The topological polar surface area (TPSA) is 35.0 Å². The fourth-order valence-electron chi connectivity index (χ4n) is 1.81. The monoisotopic (exact) mass is 342 g/mol. The summed E-state index contributed by atoms with van der Waals surface area (Å²) in [5.41, 5.74) is 1.82. The van der Waals surface area contributed by atoms with Gasteiger partial charge in [-0.1, -0.05) is 47.1 Å². The minimum Gasteiger partial charge on any atom is -0.491 e. The lowest BCUT2D eigenvalue weighted by Crippen LogP contribution is -2.05. The molecule has 0 aliphatic carbocycles. The number of aromatic nitrogens is 2. The third-order valence-corrected chi connectivity index (χ3v) is 3.92. The summed E-state index contributed by atoms with van der Waals surface area (Å²) >= 11 is 13.8. The van der Waals surface area contributed by atoms with Gasteiger partial charge in [0.2, 0.25) is 0 Å². The summed E-state index contributed by atoms with van der Waals surface area (Å²) < 4.78 is 5.62. The second-order valence-corrected chi connectivity index (χ2v) is 6.25. The predicted molar refractivity (Wildman–Crippen MR) is 88.8 cm³/mol. The van der Waals surface area contributed by atoms with Crippen LogP contribution in [0.25, 0.3) is 0 Å². The Morgan fingerprint density at radius 2 is 1.67 bits per heavy atom. The van der Waals surface area contributed by atoms with Gasteiger partial charge in [0, 0.05) is 12.0 Å². The SMILES string of the molecule is CSc1nc(Cl)c(Cc2ccc(OC(C)C)cc2)c(Cl)n1. The molecule has 0 atom stereocenters. The normalized spacial score (nSPS) is 11.0. The standard InChI is InChI=1S/C15H16Cl2N2OS/c1-9(2)20-11-6-4-10(5-7-11)8-12-13(16)18-15(21-3)19-14(12)17/h4-7,9H,8H2,1-3H3. The van der Waals surface area contributed by atoms with Gasteiger partial charge in [-0.05, 0) is 37.8 Å². The van der Waals surface area contributed by atoms with Gasteiger partial charge >= 0.3 is 0 Å². The molecule has 0 N–H and O–H groups in total. The smallest absolute Gasteiger partial charge is 0.190 e. The van der Waals surface area contributed by atoms with Crippen LogP contribution in [0.15, 0.2) is 29.4 Å². The number of benzene rings is 1. The maximum Gasteiger partial charge on any atom is 0.190 e. The fraction of sp³-hybridized carbons (Fsp3) is 0.333. The molecule has 0 fully saturated rings. The van der Waals surface area contributed by atoms with E-state index in [0.29, 0.717) is 21.9 Å². The number of thioether (sulfide) groups is 1. The van der Waals surface area contributed by atoms with E-state index in [1.807, 2.05) is 44.4 Å². The molecule has 3 nitrogen and oxygen atoms in total. The van der Waals surface area contributed by atoms with E-state index < -0.39 is 0 Å². The predicted octanol–water partition coefficient (Wildman–Crippen LogP) is 4.88. The molecule has 1 heterocycles. The van der Waals surface area contributed by atoms with E-state index >= 15 is 0 Å². The molecular formula is C15H16Cl2N2OS. The van der Waals surface area contributed by atoms with Crippen molar-refractivity contribution in [2.24, 2.45) is 0 Å². The molecule has 2 aromatic rings. The molecule has 0 saturated heterocycles.